The van der Waals surface area contributed by atoms with E-state index in [-0.39, 0.29) is 11.6 Å². The largest absolute Gasteiger partial charge is 0.506 e. The third kappa shape index (κ3) is 2.18. The minimum absolute atomic E-state index is 0.0460. The van der Waals surface area contributed by atoms with Gasteiger partial charge in [-0.3, -0.25) is 0 Å². The van der Waals surface area contributed by atoms with Crippen molar-refractivity contribution in [2.24, 2.45) is 10.9 Å². The smallest absolute Gasteiger partial charge is 0.253 e. The Morgan fingerprint density at radius 2 is 1.89 bits per heavy atom. The van der Waals surface area contributed by atoms with E-state index in [4.69, 9.17) is 0 Å². The molecule has 0 saturated heterocycles. The highest BCUT2D eigenvalue weighted by Crippen LogP contribution is 2.31. The van der Waals surface area contributed by atoms with Crippen LogP contribution in [0, 0.1) is 5.92 Å². The number of hydrogen-bond acceptors (Lipinski definition) is 4. The van der Waals surface area contributed by atoms with Gasteiger partial charge in [0.2, 0.25) is 0 Å². The molecule has 3 rings (SSSR count). The average molecular weight is 244 g/mol. The van der Waals surface area contributed by atoms with Crippen molar-refractivity contribution in [3.05, 3.63) is 47.5 Å². The van der Waals surface area contributed by atoms with Gasteiger partial charge in [0.05, 0.1) is 6.54 Å². The molecule has 18 heavy (non-hydrogen) atoms. The van der Waals surface area contributed by atoms with Gasteiger partial charge in [-0.1, -0.05) is 30.3 Å². The molecule has 1 saturated carbocycles. The van der Waals surface area contributed by atoms with Gasteiger partial charge in [0.1, 0.15) is 5.84 Å². The molecule has 0 aromatic heterocycles. The van der Waals surface area contributed by atoms with Crippen LogP contribution in [0.3, 0.4) is 0 Å². The molecule has 1 heterocycles. The lowest BCUT2D eigenvalue weighted by molar-refractivity contribution is 0.264. The van der Waals surface area contributed by atoms with Crippen molar-refractivity contribution in [3.8, 4) is 0 Å². The Balaban J connectivity index is 1.92. The zero-order valence-corrected chi connectivity index (χ0v) is 10.1. The molecular weight excluding hydrogens is 228 g/mol. The van der Waals surface area contributed by atoms with Gasteiger partial charge in [0.15, 0.2) is 5.76 Å². The molecule has 4 nitrogen and oxygen atoms in total. The van der Waals surface area contributed by atoms with Gasteiger partial charge < -0.3 is 15.1 Å². The summed E-state index contributed by atoms with van der Waals surface area (Å²) in [6, 6.07) is 9.78. The minimum Gasteiger partial charge on any atom is -0.506 e. The molecule has 1 aliphatic carbocycles. The van der Waals surface area contributed by atoms with Crippen LogP contribution in [0.5, 0.6) is 0 Å². The van der Waals surface area contributed by atoms with Gasteiger partial charge in [0.25, 0.3) is 5.88 Å². The molecule has 1 aromatic carbocycles. The molecule has 0 atom stereocenters. The van der Waals surface area contributed by atoms with Crippen molar-refractivity contribution in [1.82, 2.24) is 4.90 Å². The second-order valence-corrected chi connectivity index (χ2v) is 4.90. The Morgan fingerprint density at radius 3 is 2.56 bits per heavy atom. The summed E-state index contributed by atoms with van der Waals surface area (Å²) in [5, 5.41) is 19.2. The molecule has 2 aliphatic rings. The zero-order chi connectivity index (χ0) is 12.5. The molecule has 4 heteroatoms. The first-order chi connectivity index (χ1) is 8.74. The lowest BCUT2D eigenvalue weighted by Gasteiger charge is -2.28. The number of rotatable bonds is 3. The summed E-state index contributed by atoms with van der Waals surface area (Å²) < 4.78 is 0. The van der Waals surface area contributed by atoms with Crippen LogP contribution in [0.2, 0.25) is 0 Å². The third-order valence-electron chi connectivity index (χ3n) is 3.32. The Hall–Kier alpha value is -1.97. The monoisotopic (exact) mass is 244 g/mol. The van der Waals surface area contributed by atoms with E-state index in [1.165, 1.54) is 12.8 Å². The highest BCUT2D eigenvalue weighted by molar-refractivity contribution is 6.00. The lowest BCUT2D eigenvalue weighted by atomic mass is 10.1. The highest BCUT2D eigenvalue weighted by atomic mass is 16.3. The summed E-state index contributed by atoms with van der Waals surface area (Å²) in [6.07, 6.45) is 2.49. The third-order valence-corrected chi connectivity index (χ3v) is 3.32. The summed E-state index contributed by atoms with van der Waals surface area (Å²) in [5.74, 6) is 1.14. The van der Waals surface area contributed by atoms with Crippen LogP contribution in [0.25, 0.3) is 0 Å². The van der Waals surface area contributed by atoms with Crippen LogP contribution in [-0.2, 0) is 0 Å². The molecule has 1 aromatic rings. The molecule has 0 spiro atoms. The van der Waals surface area contributed by atoms with Crippen molar-refractivity contribution in [3.63, 3.8) is 0 Å². The van der Waals surface area contributed by atoms with E-state index in [0.717, 1.165) is 17.9 Å². The molecule has 0 amide bonds. The summed E-state index contributed by atoms with van der Waals surface area (Å²) in [6.45, 7) is 1.24. The number of hydrogen-bond donors (Lipinski definition) is 2. The van der Waals surface area contributed by atoms with E-state index in [0.29, 0.717) is 12.5 Å². The van der Waals surface area contributed by atoms with Gasteiger partial charge >= 0.3 is 0 Å². The zero-order valence-electron chi connectivity index (χ0n) is 10.1. The van der Waals surface area contributed by atoms with Crippen molar-refractivity contribution >= 4 is 5.84 Å². The van der Waals surface area contributed by atoms with Gasteiger partial charge in [0, 0.05) is 12.1 Å². The van der Waals surface area contributed by atoms with Gasteiger partial charge in [-0.15, -0.1) is 0 Å². The van der Waals surface area contributed by atoms with Crippen LogP contribution < -0.4 is 0 Å². The molecule has 2 N–H and O–H groups in total. The number of benzene rings is 1. The van der Waals surface area contributed by atoms with Gasteiger partial charge in [-0.05, 0) is 18.8 Å². The van der Waals surface area contributed by atoms with Gasteiger partial charge in [-0.2, -0.15) is 4.99 Å². The molecule has 0 unspecified atom stereocenters. The minimum atomic E-state index is -0.263. The number of aliphatic hydroxyl groups excluding tert-OH is 2. The summed E-state index contributed by atoms with van der Waals surface area (Å²) in [7, 11) is 0. The van der Waals surface area contributed by atoms with Crippen LogP contribution in [0.4, 0.5) is 0 Å². The fourth-order valence-corrected chi connectivity index (χ4v) is 2.16. The van der Waals surface area contributed by atoms with Crippen molar-refractivity contribution in [1.29, 1.82) is 0 Å². The number of nitrogens with zero attached hydrogens (tertiary/aromatic N) is 2. The topological polar surface area (TPSA) is 56.1 Å². The number of aliphatic hydroxyl groups is 2. The van der Waals surface area contributed by atoms with E-state index in [1.54, 1.807) is 0 Å². The summed E-state index contributed by atoms with van der Waals surface area (Å²) in [4.78, 5) is 6.17. The fourth-order valence-electron chi connectivity index (χ4n) is 2.16. The normalized spacial score (nSPS) is 20.0. The summed E-state index contributed by atoms with van der Waals surface area (Å²) >= 11 is 0. The maximum Gasteiger partial charge on any atom is 0.253 e. The predicted octanol–water partition coefficient (Wildman–Crippen LogP) is 2.44. The van der Waals surface area contributed by atoms with Crippen LogP contribution in [-0.4, -0.2) is 34.0 Å². The fraction of sp³-hybridized carbons (Fsp3) is 0.357. The Kier molecular flexibility index (Phi) is 2.70. The average Bonchev–Trinajstić information content (AvgIpc) is 3.18. The van der Waals surface area contributed by atoms with Gasteiger partial charge in [-0.25, -0.2) is 0 Å². The number of aliphatic imine (C=N–C) groups is 1. The molecular formula is C14H16N2O2. The van der Waals surface area contributed by atoms with Crippen LogP contribution in [0.1, 0.15) is 18.4 Å². The van der Waals surface area contributed by atoms with Crippen LogP contribution >= 0.6 is 0 Å². The second-order valence-electron chi connectivity index (χ2n) is 4.90. The van der Waals surface area contributed by atoms with Crippen molar-refractivity contribution in [2.75, 3.05) is 13.1 Å². The lowest BCUT2D eigenvalue weighted by Crippen LogP contribution is -2.38. The first-order valence-corrected chi connectivity index (χ1v) is 6.24. The van der Waals surface area contributed by atoms with Crippen LogP contribution in [0.15, 0.2) is 47.0 Å². The molecule has 94 valence electrons. The van der Waals surface area contributed by atoms with E-state index in [9.17, 15) is 10.2 Å². The Morgan fingerprint density at radius 1 is 1.17 bits per heavy atom. The standard InChI is InChI=1S/C14H16N2O2/c17-12-9-16(8-10-6-7-10)13(15-14(12)18)11-4-2-1-3-5-11/h1-5,10,17-18H,6-9H2. The first kappa shape index (κ1) is 11.1. The van der Waals surface area contributed by atoms with Crippen molar-refractivity contribution in [2.45, 2.75) is 12.8 Å². The van der Waals surface area contributed by atoms with E-state index in [1.807, 2.05) is 35.2 Å². The number of amidine groups is 1. The van der Waals surface area contributed by atoms with E-state index >= 15 is 0 Å². The molecule has 1 aliphatic heterocycles. The maximum atomic E-state index is 9.63. The quantitative estimate of drug-likeness (QED) is 0.858. The Bertz CT molecular complexity index is 504. The second kappa shape index (κ2) is 4.37. The molecule has 0 radical (unpaired) electrons. The summed E-state index contributed by atoms with van der Waals surface area (Å²) in [5.41, 5.74) is 0.970. The Labute approximate surface area is 106 Å². The first-order valence-electron chi connectivity index (χ1n) is 6.24. The maximum absolute atomic E-state index is 9.63. The highest BCUT2D eigenvalue weighted by Gasteiger charge is 2.29. The van der Waals surface area contributed by atoms with E-state index in [2.05, 4.69) is 4.99 Å². The van der Waals surface area contributed by atoms with E-state index < -0.39 is 0 Å². The van der Waals surface area contributed by atoms with Crippen molar-refractivity contribution < 1.29 is 10.2 Å². The predicted molar refractivity (Wildman–Crippen MR) is 69.6 cm³/mol. The molecule has 0 bridgehead atoms. The SMILES string of the molecule is OC1=C(O)N=C(c2ccccc2)N(CC2CC2)C1. The molecule has 1 fully saturated rings.